The molecule has 1 atom stereocenters. The molecule has 0 aliphatic carbocycles. The van der Waals surface area contributed by atoms with E-state index in [-0.39, 0.29) is 17.1 Å². The monoisotopic (exact) mass is 239 g/mol. The first-order valence-electron chi connectivity index (χ1n) is 5.78. The van der Waals surface area contributed by atoms with Gasteiger partial charge in [0.1, 0.15) is 0 Å². The van der Waals surface area contributed by atoms with Gasteiger partial charge in [0, 0.05) is 11.1 Å². The van der Waals surface area contributed by atoms with Gasteiger partial charge in [-0.05, 0) is 32.4 Å². The lowest BCUT2D eigenvalue weighted by Gasteiger charge is -2.26. The summed E-state index contributed by atoms with van der Waals surface area (Å²) in [6.45, 7) is 2.94. The van der Waals surface area contributed by atoms with Gasteiger partial charge in [0.15, 0.2) is 17.3 Å². The first-order chi connectivity index (χ1) is 8.12. The minimum Gasteiger partial charge on any atom is -0.493 e. The van der Waals surface area contributed by atoms with Crippen LogP contribution < -0.4 is 14.8 Å². The molecular formula is C13H18FNO2. The Morgan fingerprint density at radius 1 is 1.29 bits per heavy atom. The number of benzene rings is 1. The summed E-state index contributed by atoms with van der Waals surface area (Å²) in [5.41, 5.74) is 0.344. The molecule has 1 unspecified atom stereocenters. The zero-order valence-electron chi connectivity index (χ0n) is 10.5. The smallest absolute Gasteiger partial charge is 0.197 e. The molecule has 0 spiro atoms. The minimum atomic E-state index is -0.330. The van der Waals surface area contributed by atoms with Gasteiger partial charge in [0.25, 0.3) is 0 Å². The quantitative estimate of drug-likeness (QED) is 0.878. The van der Waals surface area contributed by atoms with E-state index < -0.39 is 0 Å². The number of nitrogens with one attached hydrogen (secondary N) is 1. The average Bonchev–Trinajstić information content (AvgIpc) is 2.76. The Morgan fingerprint density at radius 3 is 2.59 bits per heavy atom. The maximum Gasteiger partial charge on any atom is 0.197 e. The standard InChI is InChI=1S/C13H18FNO2/c1-13(7-4-8-15-13)9-5-6-10(16-2)12(17-3)11(9)14/h5-6,15H,4,7-8H2,1-3H3. The van der Waals surface area contributed by atoms with Crippen molar-refractivity contribution in [1.82, 2.24) is 5.32 Å². The van der Waals surface area contributed by atoms with E-state index in [2.05, 4.69) is 5.32 Å². The molecule has 0 bridgehead atoms. The van der Waals surface area contributed by atoms with Gasteiger partial charge in [-0.3, -0.25) is 0 Å². The van der Waals surface area contributed by atoms with E-state index in [0.717, 1.165) is 19.4 Å². The van der Waals surface area contributed by atoms with Crippen molar-refractivity contribution in [2.24, 2.45) is 0 Å². The van der Waals surface area contributed by atoms with E-state index in [0.29, 0.717) is 11.3 Å². The molecule has 94 valence electrons. The van der Waals surface area contributed by atoms with Crippen LogP contribution in [-0.4, -0.2) is 20.8 Å². The second-order valence-corrected chi connectivity index (χ2v) is 4.53. The van der Waals surface area contributed by atoms with Crippen molar-refractivity contribution in [1.29, 1.82) is 0 Å². The summed E-state index contributed by atoms with van der Waals surface area (Å²) < 4.78 is 24.5. The number of ether oxygens (including phenoxy) is 2. The lowest BCUT2D eigenvalue weighted by atomic mass is 9.90. The molecule has 4 heteroatoms. The van der Waals surface area contributed by atoms with E-state index in [4.69, 9.17) is 9.47 Å². The molecule has 3 nitrogen and oxygen atoms in total. The van der Waals surface area contributed by atoms with Crippen molar-refractivity contribution < 1.29 is 13.9 Å². The summed E-state index contributed by atoms with van der Waals surface area (Å²) in [4.78, 5) is 0. The highest BCUT2D eigenvalue weighted by Crippen LogP contribution is 2.39. The number of rotatable bonds is 3. The fourth-order valence-electron chi connectivity index (χ4n) is 2.44. The van der Waals surface area contributed by atoms with Gasteiger partial charge in [-0.25, -0.2) is 4.39 Å². The van der Waals surface area contributed by atoms with Crippen molar-refractivity contribution in [3.8, 4) is 11.5 Å². The van der Waals surface area contributed by atoms with Crippen LogP contribution in [0.15, 0.2) is 12.1 Å². The summed E-state index contributed by atoms with van der Waals surface area (Å²) in [6, 6.07) is 3.53. The predicted molar refractivity (Wildman–Crippen MR) is 64.1 cm³/mol. The van der Waals surface area contributed by atoms with Gasteiger partial charge >= 0.3 is 0 Å². The predicted octanol–water partition coefficient (Wildman–Crippen LogP) is 2.44. The number of halogens is 1. The topological polar surface area (TPSA) is 30.5 Å². The molecule has 2 rings (SSSR count). The van der Waals surface area contributed by atoms with Gasteiger partial charge in [-0.1, -0.05) is 6.07 Å². The maximum absolute atomic E-state index is 14.4. The van der Waals surface area contributed by atoms with Crippen molar-refractivity contribution in [2.45, 2.75) is 25.3 Å². The van der Waals surface area contributed by atoms with Crippen LogP contribution in [0.3, 0.4) is 0 Å². The number of hydrogen-bond donors (Lipinski definition) is 1. The highest BCUT2D eigenvalue weighted by molar-refractivity contribution is 5.46. The molecular weight excluding hydrogens is 221 g/mol. The minimum absolute atomic E-state index is 0.180. The molecule has 0 amide bonds. The molecule has 0 saturated carbocycles. The Balaban J connectivity index is 2.49. The summed E-state index contributed by atoms with van der Waals surface area (Å²) in [5, 5.41) is 3.34. The number of methoxy groups -OCH3 is 2. The van der Waals surface area contributed by atoms with Crippen molar-refractivity contribution in [3.05, 3.63) is 23.5 Å². The van der Waals surface area contributed by atoms with Crippen LogP contribution in [0.4, 0.5) is 4.39 Å². The molecule has 1 heterocycles. The molecule has 1 aliphatic heterocycles. The second-order valence-electron chi connectivity index (χ2n) is 4.53. The summed E-state index contributed by atoms with van der Waals surface area (Å²) in [5.74, 6) is 0.277. The lowest BCUT2D eigenvalue weighted by Crippen LogP contribution is -2.34. The third-order valence-corrected chi connectivity index (χ3v) is 3.45. The molecule has 1 aromatic carbocycles. The molecule has 1 aromatic rings. The summed E-state index contributed by atoms with van der Waals surface area (Å²) in [7, 11) is 2.96. The van der Waals surface area contributed by atoms with Crippen LogP contribution >= 0.6 is 0 Å². The van der Waals surface area contributed by atoms with Crippen LogP contribution in [0.2, 0.25) is 0 Å². The largest absolute Gasteiger partial charge is 0.493 e. The van der Waals surface area contributed by atoms with E-state index in [1.807, 2.05) is 6.92 Å². The van der Waals surface area contributed by atoms with E-state index >= 15 is 0 Å². The SMILES string of the molecule is COc1ccc(C2(C)CCCN2)c(F)c1OC. The highest BCUT2D eigenvalue weighted by atomic mass is 19.1. The fraction of sp³-hybridized carbons (Fsp3) is 0.538. The molecule has 1 aliphatic rings. The van der Waals surface area contributed by atoms with Crippen LogP contribution in [-0.2, 0) is 5.54 Å². The first-order valence-corrected chi connectivity index (χ1v) is 5.78. The normalized spacial score (nSPS) is 23.8. The summed E-state index contributed by atoms with van der Waals surface area (Å²) >= 11 is 0. The molecule has 0 radical (unpaired) electrons. The van der Waals surface area contributed by atoms with Gasteiger partial charge in [0.05, 0.1) is 14.2 Å². The van der Waals surface area contributed by atoms with Crippen LogP contribution in [0.25, 0.3) is 0 Å². The molecule has 1 saturated heterocycles. The number of hydrogen-bond acceptors (Lipinski definition) is 3. The zero-order chi connectivity index (χ0) is 12.5. The molecule has 1 N–H and O–H groups in total. The fourth-order valence-corrected chi connectivity index (χ4v) is 2.44. The van der Waals surface area contributed by atoms with E-state index in [1.54, 1.807) is 12.1 Å². The Labute approximate surface area is 101 Å². The second kappa shape index (κ2) is 4.53. The third-order valence-electron chi connectivity index (χ3n) is 3.45. The Bertz CT molecular complexity index is 414. The Morgan fingerprint density at radius 2 is 2.06 bits per heavy atom. The maximum atomic E-state index is 14.4. The Hall–Kier alpha value is -1.29. The van der Waals surface area contributed by atoms with Crippen LogP contribution in [0.1, 0.15) is 25.3 Å². The third kappa shape index (κ3) is 1.97. The lowest BCUT2D eigenvalue weighted by molar-refractivity contribution is 0.327. The average molecular weight is 239 g/mol. The van der Waals surface area contributed by atoms with Gasteiger partial charge < -0.3 is 14.8 Å². The highest BCUT2D eigenvalue weighted by Gasteiger charge is 2.34. The first kappa shape index (κ1) is 12.2. The van der Waals surface area contributed by atoms with Gasteiger partial charge in [-0.2, -0.15) is 0 Å². The van der Waals surface area contributed by atoms with Gasteiger partial charge in [-0.15, -0.1) is 0 Å². The van der Waals surface area contributed by atoms with Crippen molar-refractivity contribution in [3.63, 3.8) is 0 Å². The van der Waals surface area contributed by atoms with Crippen molar-refractivity contribution >= 4 is 0 Å². The molecule has 0 aromatic heterocycles. The van der Waals surface area contributed by atoms with Crippen molar-refractivity contribution in [2.75, 3.05) is 20.8 Å². The Kier molecular flexibility index (Phi) is 3.24. The zero-order valence-corrected chi connectivity index (χ0v) is 10.5. The van der Waals surface area contributed by atoms with Gasteiger partial charge in [0.2, 0.25) is 0 Å². The van der Waals surface area contributed by atoms with E-state index in [9.17, 15) is 4.39 Å². The van der Waals surface area contributed by atoms with Crippen LogP contribution in [0.5, 0.6) is 11.5 Å². The molecule has 1 fully saturated rings. The molecule has 17 heavy (non-hydrogen) atoms. The summed E-state index contributed by atoms with van der Waals surface area (Å²) in [6.07, 6.45) is 1.99. The van der Waals surface area contributed by atoms with E-state index in [1.165, 1.54) is 14.2 Å². The van der Waals surface area contributed by atoms with Crippen LogP contribution in [0, 0.1) is 5.82 Å².